The number of amides is 1. The van der Waals surface area contributed by atoms with Gasteiger partial charge in [-0.1, -0.05) is 12.2 Å². The standard InChI is InChI=1S/C14H16N2OS/c1-9(2)8-16(3)14(17)13-7-10-6-11(15)4-5-12(10)18-13/h4-7H,1,8,15H2,2-3H3. The Morgan fingerprint density at radius 2 is 2.17 bits per heavy atom. The fourth-order valence-corrected chi connectivity index (χ4v) is 2.87. The van der Waals surface area contributed by atoms with Crippen LogP contribution in [0, 0.1) is 0 Å². The molecule has 0 spiro atoms. The van der Waals surface area contributed by atoms with Crippen LogP contribution < -0.4 is 5.73 Å². The Hall–Kier alpha value is -1.81. The zero-order chi connectivity index (χ0) is 13.3. The number of thiophene rings is 1. The van der Waals surface area contributed by atoms with Crippen molar-refractivity contribution in [2.45, 2.75) is 6.92 Å². The van der Waals surface area contributed by atoms with E-state index in [1.165, 1.54) is 11.3 Å². The molecule has 0 aliphatic heterocycles. The van der Waals surface area contributed by atoms with E-state index < -0.39 is 0 Å². The van der Waals surface area contributed by atoms with Crippen LogP contribution >= 0.6 is 11.3 Å². The van der Waals surface area contributed by atoms with Gasteiger partial charge in [0.25, 0.3) is 5.91 Å². The molecule has 1 aromatic carbocycles. The summed E-state index contributed by atoms with van der Waals surface area (Å²) in [5.74, 6) is 0.0257. The molecule has 4 heteroatoms. The predicted molar refractivity (Wildman–Crippen MR) is 78.0 cm³/mol. The third kappa shape index (κ3) is 2.54. The van der Waals surface area contributed by atoms with Crippen LogP contribution in [0.25, 0.3) is 10.1 Å². The van der Waals surface area contributed by atoms with Gasteiger partial charge in [0.15, 0.2) is 0 Å². The maximum atomic E-state index is 12.2. The van der Waals surface area contributed by atoms with Crippen molar-refractivity contribution in [2.24, 2.45) is 0 Å². The summed E-state index contributed by atoms with van der Waals surface area (Å²) < 4.78 is 1.08. The fourth-order valence-electron chi connectivity index (χ4n) is 1.83. The molecule has 2 rings (SSSR count). The van der Waals surface area contributed by atoms with Crippen molar-refractivity contribution in [3.63, 3.8) is 0 Å². The SMILES string of the molecule is C=C(C)CN(C)C(=O)c1cc2cc(N)ccc2s1. The molecule has 3 nitrogen and oxygen atoms in total. The van der Waals surface area contributed by atoms with Gasteiger partial charge in [-0.3, -0.25) is 4.79 Å². The van der Waals surface area contributed by atoms with E-state index in [9.17, 15) is 4.79 Å². The second-order valence-electron chi connectivity index (χ2n) is 4.53. The molecule has 0 radical (unpaired) electrons. The predicted octanol–water partition coefficient (Wildman–Crippen LogP) is 3.13. The summed E-state index contributed by atoms with van der Waals surface area (Å²) in [6, 6.07) is 7.59. The van der Waals surface area contributed by atoms with E-state index in [0.717, 1.165) is 26.2 Å². The second kappa shape index (κ2) is 4.82. The molecular weight excluding hydrogens is 244 g/mol. The lowest BCUT2D eigenvalue weighted by molar-refractivity contribution is 0.0812. The molecule has 1 amide bonds. The highest BCUT2D eigenvalue weighted by Crippen LogP contribution is 2.28. The zero-order valence-corrected chi connectivity index (χ0v) is 11.4. The van der Waals surface area contributed by atoms with Crippen molar-refractivity contribution in [1.82, 2.24) is 4.90 Å². The van der Waals surface area contributed by atoms with Crippen LogP contribution in [0.1, 0.15) is 16.6 Å². The van der Waals surface area contributed by atoms with Crippen molar-refractivity contribution < 1.29 is 4.79 Å². The van der Waals surface area contributed by atoms with E-state index in [1.54, 1.807) is 11.9 Å². The molecular formula is C14H16N2OS. The number of rotatable bonds is 3. The Morgan fingerprint density at radius 1 is 1.44 bits per heavy atom. The van der Waals surface area contributed by atoms with Gasteiger partial charge in [-0.25, -0.2) is 0 Å². The number of nitrogen functional groups attached to an aromatic ring is 1. The van der Waals surface area contributed by atoms with Gasteiger partial charge in [0.2, 0.25) is 0 Å². The number of hydrogen-bond donors (Lipinski definition) is 1. The molecule has 2 N–H and O–H groups in total. The molecule has 0 aliphatic rings. The van der Waals surface area contributed by atoms with Gasteiger partial charge in [0.1, 0.15) is 0 Å². The summed E-state index contributed by atoms with van der Waals surface area (Å²) in [5.41, 5.74) is 7.42. The Labute approximate surface area is 111 Å². The van der Waals surface area contributed by atoms with Crippen LogP contribution in [0.4, 0.5) is 5.69 Å². The molecule has 1 heterocycles. The molecule has 0 atom stereocenters. The highest BCUT2D eigenvalue weighted by atomic mass is 32.1. The Balaban J connectivity index is 2.30. The number of anilines is 1. The van der Waals surface area contributed by atoms with Crippen molar-refractivity contribution in [2.75, 3.05) is 19.3 Å². The average Bonchev–Trinajstić information content (AvgIpc) is 2.69. The summed E-state index contributed by atoms with van der Waals surface area (Å²) in [7, 11) is 1.79. The monoisotopic (exact) mass is 260 g/mol. The lowest BCUT2D eigenvalue weighted by Gasteiger charge is -2.15. The van der Waals surface area contributed by atoms with E-state index in [4.69, 9.17) is 5.73 Å². The minimum Gasteiger partial charge on any atom is -0.399 e. The quantitative estimate of drug-likeness (QED) is 0.680. The zero-order valence-electron chi connectivity index (χ0n) is 10.6. The van der Waals surface area contributed by atoms with Crippen LogP contribution in [0.3, 0.4) is 0 Å². The highest BCUT2D eigenvalue weighted by Gasteiger charge is 2.14. The number of likely N-dealkylation sites (N-methyl/N-ethyl adjacent to an activating group) is 1. The van der Waals surface area contributed by atoms with Crippen molar-refractivity contribution >= 4 is 33.0 Å². The van der Waals surface area contributed by atoms with Gasteiger partial charge in [0, 0.05) is 24.0 Å². The molecule has 0 aliphatic carbocycles. The number of nitrogens with zero attached hydrogens (tertiary/aromatic N) is 1. The van der Waals surface area contributed by atoms with Crippen molar-refractivity contribution in [1.29, 1.82) is 0 Å². The van der Waals surface area contributed by atoms with Crippen LogP contribution in [-0.4, -0.2) is 24.4 Å². The van der Waals surface area contributed by atoms with Crippen LogP contribution in [0.15, 0.2) is 36.4 Å². The van der Waals surface area contributed by atoms with Gasteiger partial charge >= 0.3 is 0 Å². The molecule has 0 bridgehead atoms. The van der Waals surface area contributed by atoms with Gasteiger partial charge in [0.05, 0.1) is 4.88 Å². The third-order valence-corrected chi connectivity index (χ3v) is 3.71. The largest absolute Gasteiger partial charge is 0.399 e. The first-order valence-electron chi connectivity index (χ1n) is 5.66. The molecule has 94 valence electrons. The molecule has 0 unspecified atom stereocenters. The Morgan fingerprint density at radius 3 is 2.83 bits per heavy atom. The summed E-state index contributed by atoms with van der Waals surface area (Å²) in [4.78, 5) is 14.6. The summed E-state index contributed by atoms with van der Waals surface area (Å²) in [5, 5.41) is 1.02. The summed E-state index contributed by atoms with van der Waals surface area (Å²) in [6.07, 6.45) is 0. The number of benzene rings is 1. The van der Waals surface area contributed by atoms with Crippen molar-refractivity contribution in [3.05, 3.63) is 41.3 Å². The maximum absolute atomic E-state index is 12.2. The number of carbonyl (C=O) groups is 1. The normalized spacial score (nSPS) is 10.6. The summed E-state index contributed by atoms with van der Waals surface area (Å²) in [6.45, 7) is 6.31. The minimum absolute atomic E-state index is 0.0257. The fraction of sp³-hybridized carbons (Fsp3) is 0.214. The van der Waals surface area contributed by atoms with E-state index in [2.05, 4.69) is 6.58 Å². The van der Waals surface area contributed by atoms with E-state index >= 15 is 0 Å². The van der Waals surface area contributed by atoms with Crippen LogP contribution in [-0.2, 0) is 0 Å². The third-order valence-electron chi connectivity index (χ3n) is 2.60. The van der Waals surface area contributed by atoms with Crippen LogP contribution in [0.2, 0.25) is 0 Å². The summed E-state index contributed by atoms with van der Waals surface area (Å²) >= 11 is 1.49. The molecule has 2 aromatic rings. The molecule has 0 fully saturated rings. The van der Waals surface area contributed by atoms with E-state index in [0.29, 0.717) is 6.54 Å². The van der Waals surface area contributed by atoms with E-state index in [-0.39, 0.29) is 5.91 Å². The number of hydrogen-bond acceptors (Lipinski definition) is 3. The average molecular weight is 260 g/mol. The Bertz CT molecular complexity index is 615. The van der Waals surface area contributed by atoms with E-state index in [1.807, 2.05) is 31.2 Å². The van der Waals surface area contributed by atoms with Crippen LogP contribution in [0.5, 0.6) is 0 Å². The number of carbonyl (C=O) groups excluding carboxylic acids is 1. The maximum Gasteiger partial charge on any atom is 0.263 e. The number of fused-ring (bicyclic) bond motifs is 1. The lowest BCUT2D eigenvalue weighted by Crippen LogP contribution is -2.27. The smallest absolute Gasteiger partial charge is 0.263 e. The number of nitrogens with two attached hydrogens (primary N) is 1. The first-order chi connectivity index (χ1) is 8.47. The molecule has 18 heavy (non-hydrogen) atoms. The van der Waals surface area contributed by atoms with Gasteiger partial charge in [-0.15, -0.1) is 11.3 Å². The molecule has 0 saturated carbocycles. The highest BCUT2D eigenvalue weighted by molar-refractivity contribution is 7.20. The first kappa shape index (κ1) is 12.6. The van der Waals surface area contributed by atoms with Gasteiger partial charge in [-0.2, -0.15) is 0 Å². The molecule has 0 saturated heterocycles. The second-order valence-corrected chi connectivity index (χ2v) is 5.61. The Kier molecular flexibility index (Phi) is 3.39. The lowest BCUT2D eigenvalue weighted by atomic mass is 10.2. The van der Waals surface area contributed by atoms with Crippen molar-refractivity contribution in [3.8, 4) is 0 Å². The van der Waals surface area contributed by atoms with Gasteiger partial charge in [-0.05, 0) is 36.6 Å². The topological polar surface area (TPSA) is 46.3 Å². The first-order valence-corrected chi connectivity index (χ1v) is 6.48. The minimum atomic E-state index is 0.0257. The molecule has 1 aromatic heterocycles. The van der Waals surface area contributed by atoms with Gasteiger partial charge < -0.3 is 10.6 Å².